The van der Waals surface area contributed by atoms with Gasteiger partial charge in [-0.3, -0.25) is 4.79 Å². The Hall–Kier alpha value is -0.830. The Morgan fingerprint density at radius 1 is 1.47 bits per heavy atom. The lowest BCUT2D eigenvalue weighted by molar-refractivity contribution is -0.116. The van der Waals surface area contributed by atoms with Gasteiger partial charge in [-0.15, -0.1) is 0 Å². The van der Waals surface area contributed by atoms with Crippen LogP contribution in [0.15, 0.2) is 10.5 Å². The molecule has 0 heterocycles. The van der Waals surface area contributed by atoms with E-state index in [9.17, 15) is 4.79 Å². The Morgan fingerprint density at radius 3 is 2.53 bits per heavy atom. The third-order valence-corrected chi connectivity index (χ3v) is 3.45. The van der Waals surface area contributed by atoms with Gasteiger partial charge in [-0.2, -0.15) is 0 Å². The summed E-state index contributed by atoms with van der Waals surface area (Å²) in [4.78, 5) is 11.1. The molecule has 0 unspecified atom stereocenters. The van der Waals surface area contributed by atoms with Gasteiger partial charge in [-0.25, -0.2) is 0 Å². The second-order valence-corrected chi connectivity index (χ2v) is 4.49. The minimum Gasteiger partial charge on any atom is -0.496 e. The van der Waals surface area contributed by atoms with Crippen LogP contribution in [0.2, 0.25) is 0 Å². The molecule has 1 rings (SSSR count). The molecule has 0 N–H and O–H groups in total. The zero-order valence-corrected chi connectivity index (χ0v) is 11.1. The smallest absolute Gasteiger partial charge is 0.134 e. The van der Waals surface area contributed by atoms with E-state index >= 15 is 0 Å². The number of carbonyl (C=O) groups excluding carboxylic acids is 1. The average molecular weight is 271 g/mol. The number of hydrogen-bond donors (Lipinski definition) is 0. The first-order chi connectivity index (χ1) is 6.97. The molecule has 1 aromatic rings. The molecule has 0 saturated heterocycles. The lowest BCUT2D eigenvalue weighted by Crippen LogP contribution is -2.03. The Bertz CT molecular complexity index is 397. The standard InChI is InChI=1S/C12H15BrO2/c1-7-5-11(15-4)12(13)9(3)10(7)6-8(2)14/h5H,6H2,1-4H3. The van der Waals surface area contributed by atoms with Crippen molar-refractivity contribution in [2.45, 2.75) is 27.2 Å². The van der Waals surface area contributed by atoms with Gasteiger partial charge in [0.1, 0.15) is 11.5 Å². The predicted molar refractivity (Wildman–Crippen MR) is 64.6 cm³/mol. The van der Waals surface area contributed by atoms with Crippen LogP contribution >= 0.6 is 15.9 Å². The molecule has 0 bridgehead atoms. The molecule has 2 nitrogen and oxygen atoms in total. The lowest BCUT2D eigenvalue weighted by Gasteiger charge is -2.13. The van der Waals surface area contributed by atoms with Crippen LogP contribution in [-0.2, 0) is 11.2 Å². The van der Waals surface area contributed by atoms with Crippen molar-refractivity contribution in [2.75, 3.05) is 7.11 Å². The molecule has 0 aliphatic heterocycles. The number of rotatable bonds is 3. The zero-order chi connectivity index (χ0) is 11.6. The number of aryl methyl sites for hydroxylation is 1. The number of ether oxygens (including phenoxy) is 1. The maximum Gasteiger partial charge on any atom is 0.134 e. The van der Waals surface area contributed by atoms with E-state index in [4.69, 9.17) is 4.74 Å². The highest BCUT2D eigenvalue weighted by atomic mass is 79.9. The van der Waals surface area contributed by atoms with Crippen LogP contribution in [0.3, 0.4) is 0 Å². The summed E-state index contributed by atoms with van der Waals surface area (Å²) in [5.74, 6) is 0.996. The van der Waals surface area contributed by atoms with Crippen molar-refractivity contribution in [3.63, 3.8) is 0 Å². The van der Waals surface area contributed by atoms with Gasteiger partial charge in [0.15, 0.2) is 0 Å². The number of methoxy groups -OCH3 is 1. The van der Waals surface area contributed by atoms with Gasteiger partial charge in [-0.1, -0.05) is 0 Å². The highest BCUT2D eigenvalue weighted by molar-refractivity contribution is 9.10. The normalized spacial score (nSPS) is 10.2. The molecule has 0 fully saturated rings. The van der Waals surface area contributed by atoms with Gasteiger partial charge in [0.05, 0.1) is 11.6 Å². The van der Waals surface area contributed by atoms with Crippen LogP contribution in [0.5, 0.6) is 5.75 Å². The highest BCUT2D eigenvalue weighted by Gasteiger charge is 2.12. The third kappa shape index (κ3) is 2.59. The summed E-state index contributed by atoms with van der Waals surface area (Å²) >= 11 is 3.48. The van der Waals surface area contributed by atoms with Crippen molar-refractivity contribution in [2.24, 2.45) is 0 Å². The van der Waals surface area contributed by atoms with Crippen molar-refractivity contribution in [1.29, 1.82) is 0 Å². The summed E-state index contributed by atoms with van der Waals surface area (Å²) in [6.07, 6.45) is 0.486. The highest BCUT2D eigenvalue weighted by Crippen LogP contribution is 2.33. The quantitative estimate of drug-likeness (QED) is 0.843. The largest absolute Gasteiger partial charge is 0.496 e. The molecule has 0 aliphatic carbocycles. The van der Waals surface area contributed by atoms with Crippen molar-refractivity contribution >= 4 is 21.7 Å². The Labute approximate surface area is 98.8 Å². The summed E-state index contributed by atoms with van der Waals surface area (Å²) < 4.78 is 6.17. The van der Waals surface area contributed by atoms with Crippen LogP contribution in [0.1, 0.15) is 23.6 Å². The van der Waals surface area contributed by atoms with E-state index in [2.05, 4.69) is 15.9 Å². The zero-order valence-electron chi connectivity index (χ0n) is 9.48. The summed E-state index contributed by atoms with van der Waals surface area (Å²) in [7, 11) is 1.64. The van der Waals surface area contributed by atoms with Gasteiger partial charge in [-0.05, 0) is 59.5 Å². The molecule has 0 saturated carbocycles. The molecule has 0 aromatic heterocycles. The third-order valence-electron chi connectivity index (χ3n) is 2.47. The van der Waals surface area contributed by atoms with Crippen LogP contribution < -0.4 is 4.74 Å². The maximum absolute atomic E-state index is 11.1. The molecular formula is C12H15BrO2. The number of Topliss-reactive ketones (excluding diaryl/α,β-unsaturated/α-hetero) is 1. The van der Waals surface area contributed by atoms with Gasteiger partial charge in [0.2, 0.25) is 0 Å². The van der Waals surface area contributed by atoms with Crippen LogP contribution in [-0.4, -0.2) is 12.9 Å². The second-order valence-electron chi connectivity index (χ2n) is 3.69. The minimum absolute atomic E-state index is 0.179. The average Bonchev–Trinajstić information content (AvgIpc) is 2.18. The maximum atomic E-state index is 11.1. The summed E-state index contributed by atoms with van der Waals surface area (Å²) in [5, 5.41) is 0. The molecule has 1 aromatic carbocycles. The predicted octanol–water partition coefficient (Wildman–Crippen LogP) is 3.21. The number of ketones is 1. The van der Waals surface area contributed by atoms with Crippen LogP contribution in [0, 0.1) is 13.8 Å². The van der Waals surface area contributed by atoms with E-state index in [-0.39, 0.29) is 5.78 Å². The van der Waals surface area contributed by atoms with E-state index < -0.39 is 0 Å². The summed E-state index contributed by atoms with van der Waals surface area (Å²) in [5.41, 5.74) is 3.28. The number of carbonyl (C=O) groups is 1. The van der Waals surface area contributed by atoms with E-state index in [1.807, 2.05) is 19.9 Å². The molecule has 0 radical (unpaired) electrons. The van der Waals surface area contributed by atoms with Crippen LogP contribution in [0.25, 0.3) is 0 Å². The minimum atomic E-state index is 0.179. The number of halogens is 1. The number of hydrogen-bond acceptors (Lipinski definition) is 2. The molecule has 3 heteroatoms. The van der Waals surface area contributed by atoms with Gasteiger partial charge >= 0.3 is 0 Å². The molecular weight excluding hydrogens is 256 g/mol. The molecule has 0 atom stereocenters. The molecule has 15 heavy (non-hydrogen) atoms. The summed E-state index contributed by atoms with van der Waals surface area (Å²) in [6, 6.07) is 1.95. The number of benzene rings is 1. The monoisotopic (exact) mass is 270 g/mol. The molecule has 0 aliphatic rings. The van der Waals surface area contributed by atoms with E-state index in [1.165, 1.54) is 0 Å². The van der Waals surface area contributed by atoms with E-state index in [0.29, 0.717) is 6.42 Å². The molecule has 0 amide bonds. The molecule has 0 spiro atoms. The molecule has 82 valence electrons. The lowest BCUT2D eigenvalue weighted by atomic mass is 9.98. The fourth-order valence-corrected chi connectivity index (χ4v) is 2.15. The van der Waals surface area contributed by atoms with Crippen molar-refractivity contribution < 1.29 is 9.53 Å². The second kappa shape index (κ2) is 4.79. The van der Waals surface area contributed by atoms with Crippen molar-refractivity contribution in [1.82, 2.24) is 0 Å². The van der Waals surface area contributed by atoms with E-state index in [1.54, 1.807) is 14.0 Å². The Balaban J connectivity index is 3.29. The van der Waals surface area contributed by atoms with Gasteiger partial charge in [0.25, 0.3) is 0 Å². The van der Waals surface area contributed by atoms with E-state index in [0.717, 1.165) is 26.9 Å². The SMILES string of the molecule is COc1cc(C)c(CC(C)=O)c(C)c1Br. The van der Waals surface area contributed by atoms with Crippen LogP contribution in [0.4, 0.5) is 0 Å². The van der Waals surface area contributed by atoms with Crippen molar-refractivity contribution in [3.05, 3.63) is 27.2 Å². The Kier molecular flexibility index (Phi) is 3.91. The first-order valence-electron chi connectivity index (χ1n) is 4.79. The first-order valence-corrected chi connectivity index (χ1v) is 5.58. The van der Waals surface area contributed by atoms with Gasteiger partial charge < -0.3 is 4.74 Å². The Morgan fingerprint density at radius 2 is 2.07 bits per heavy atom. The summed E-state index contributed by atoms with van der Waals surface area (Å²) in [6.45, 7) is 5.61. The first kappa shape index (κ1) is 12.2. The van der Waals surface area contributed by atoms with Crippen molar-refractivity contribution in [3.8, 4) is 5.75 Å². The van der Waals surface area contributed by atoms with Gasteiger partial charge in [0, 0.05) is 6.42 Å². The topological polar surface area (TPSA) is 26.3 Å². The fourth-order valence-electron chi connectivity index (χ4n) is 1.63. The fraction of sp³-hybridized carbons (Fsp3) is 0.417.